The van der Waals surface area contributed by atoms with Gasteiger partial charge in [0.25, 0.3) is 0 Å². The molecule has 0 radical (unpaired) electrons. The smallest absolute Gasteiger partial charge is 0.225 e. The molecule has 0 spiro atoms. The van der Waals surface area contributed by atoms with Crippen molar-refractivity contribution >= 4 is 22.9 Å². The Morgan fingerprint density at radius 2 is 1.86 bits per heavy atom. The lowest BCUT2D eigenvalue weighted by Crippen LogP contribution is -2.22. The number of amides is 1. The molecule has 1 atom stereocenters. The fraction of sp³-hybridized carbons (Fsp3) is 0.292. The summed E-state index contributed by atoms with van der Waals surface area (Å²) in [6.07, 6.45) is 2.67. The highest BCUT2D eigenvalue weighted by Crippen LogP contribution is 2.46. The molecule has 3 nitrogen and oxygen atoms in total. The van der Waals surface area contributed by atoms with E-state index in [1.54, 1.807) is 11.3 Å². The molecular weight excluding hydrogens is 366 g/mol. The first-order valence-electron chi connectivity index (χ1n) is 9.86. The van der Waals surface area contributed by atoms with Crippen LogP contribution in [0.25, 0.3) is 11.1 Å². The number of thiophene rings is 1. The summed E-state index contributed by atoms with van der Waals surface area (Å²) in [6.45, 7) is 4.99. The predicted molar refractivity (Wildman–Crippen MR) is 116 cm³/mol. The van der Waals surface area contributed by atoms with Gasteiger partial charge >= 0.3 is 0 Å². The highest BCUT2D eigenvalue weighted by molar-refractivity contribution is 7.11. The Morgan fingerprint density at radius 1 is 1.11 bits per heavy atom. The lowest BCUT2D eigenvalue weighted by Gasteiger charge is -2.24. The summed E-state index contributed by atoms with van der Waals surface area (Å²) < 4.78 is 5.77. The van der Waals surface area contributed by atoms with Gasteiger partial charge < -0.3 is 10.1 Å². The van der Waals surface area contributed by atoms with Gasteiger partial charge in [-0.2, -0.15) is 0 Å². The number of anilines is 1. The molecule has 0 saturated carbocycles. The highest BCUT2D eigenvalue weighted by atomic mass is 32.1. The number of aryl methyl sites for hydroxylation is 1. The van der Waals surface area contributed by atoms with E-state index in [1.165, 1.54) is 10.4 Å². The summed E-state index contributed by atoms with van der Waals surface area (Å²) in [5, 5.41) is 5.28. The van der Waals surface area contributed by atoms with E-state index < -0.39 is 0 Å². The molecule has 144 valence electrons. The molecule has 2 aromatic carbocycles. The van der Waals surface area contributed by atoms with E-state index in [9.17, 15) is 4.79 Å². The molecule has 28 heavy (non-hydrogen) atoms. The van der Waals surface area contributed by atoms with Gasteiger partial charge in [-0.1, -0.05) is 55.3 Å². The Hall–Kier alpha value is -2.59. The highest BCUT2D eigenvalue weighted by Gasteiger charge is 2.30. The fourth-order valence-electron chi connectivity index (χ4n) is 3.57. The van der Waals surface area contributed by atoms with Gasteiger partial charge in [-0.3, -0.25) is 4.79 Å². The van der Waals surface area contributed by atoms with Crippen molar-refractivity contribution in [1.29, 1.82) is 0 Å². The second-order valence-electron chi connectivity index (χ2n) is 7.33. The topological polar surface area (TPSA) is 38.3 Å². The minimum Gasteiger partial charge on any atom is -0.494 e. The van der Waals surface area contributed by atoms with Crippen LogP contribution in [-0.2, 0) is 4.79 Å². The van der Waals surface area contributed by atoms with E-state index >= 15 is 0 Å². The molecule has 1 N–H and O–H groups in total. The number of fused-ring (bicyclic) bond motifs is 1. The van der Waals surface area contributed by atoms with Gasteiger partial charge in [-0.25, -0.2) is 0 Å². The maximum atomic E-state index is 12.5. The van der Waals surface area contributed by atoms with Gasteiger partial charge in [0.05, 0.1) is 12.3 Å². The van der Waals surface area contributed by atoms with E-state index in [-0.39, 0.29) is 11.8 Å². The fourth-order valence-corrected chi connectivity index (χ4v) is 4.73. The zero-order chi connectivity index (χ0) is 19.5. The third-order valence-electron chi connectivity index (χ3n) is 5.20. The molecule has 1 aliphatic rings. The summed E-state index contributed by atoms with van der Waals surface area (Å²) in [5.41, 5.74) is 5.62. The first kappa shape index (κ1) is 18.8. The van der Waals surface area contributed by atoms with Crippen LogP contribution in [0.4, 0.5) is 5.69 Å². The lowest BCUT2D eigenvalue weighted by atomic mass is 9.89. The van der Waals surface area contributed by atoms with Crippen LogP contribution in [0.3, 0.4) is 0 Å². The molecule has 0 saturated heterocycles. The van der Waals surface area contributed by atoms with Crippen molar-refractivity contribution in [3.05, 3.63) is 69.9 Å². The van der Waals surface area contributed by atoms with E-state index in [0.717, 1.165) is 47.6 Å². The molecule has 1 aliphatic heterocycles. The third-order valence-corrected chi connectivity index (χ3v) is 6.30. The number of ether oxygens (including phenoxy) is 1. The second-order valence-corrected chi connectivity index (χ2v) is 8.24. The average molecular weight is 392 g/mol. The first-order valence-corrected chi connectivity index (χ1v) is 10.7. The molecule has 4 rings (SSSR count). The van der Waals surface area contributed by atoms with Crippen molar-refractivity contribution in [2.75, 3.05) is 11.9 Å². The van der Waals surface area contributed by atoms with Crippen LogP contribution in [-0.4, -0.2) is 12.5 Å². The monoisotopic (exact) mass is 391 g/mol. The standard InChI is InChI=1S/C24H25NO2S/c1-3-4-13-27-19-11-9-17(10-12-19)20-14-22(26)25-23-21(15-28-24(20)23)18-7-5-16(2)6-8-18/h5-12,15,20H,3-4,13-14H2,1-2H3,(H,25,26). The number of carbonyl (C=O) groups excluding carboxylic acids is 1. The maximum absolute atomic E-state index is 12.5. The lowest BCUT2D eigenvalue weighted by molar-refractivity contribution is -0.116. The van der Waals surface area contributed by atoms with Crippen LogP contribution in [0.5, 0.6) is 5.75 Å². The number of hydrogen-bond donors (Lipinski definition) is 1. The SMILES string of the molecule is CCCCOc1ccc(C2CC(=O)Nc3c(-c4ccc(C)cc4)csc32)cc1. The summed E-state index contributed by atoms with van der Waals surface area (Å²) in [4.78, 5) is 13.7. The number of nitrogens with one attached hydrogen (secondary N) is 1. The van der Waals surface area contributed by atoms with Crippen LogP contribution < -0.4 is 10.1 Å². The van der Waals surface area contributed by atoms with E-state index in [0.29, 0.717) is 6.42 Å². The Bertz CT molecular complexity index is 957. The molecule has 1 aromatic heterocycles. The molecule has 0 fully saturated rings. The Kier molecular flexibility index (Phi) is 5.49. The number of carbonyl (C=O) groups is 1. The van der Waals surface area contributed by atoms with Gasteiger partial charge in [-0.05, 0) is 36.6 Å². The molecule has 4 heteroatoms. The molecular formula is C24H25NO2S. The van der Waals surface area contributed by atoms with E-state index in [2.05, 4.69) is 60.9 Å². The largest absolute Gasteiger partial charge is 0.494 e. The van der Waals surface area contributed by atoms with Crippen LogP contribution in [0, 0.1) is 6.92 Å². The number of benzene rings is 2. The molecule has 3 aromatic rings. The van der Waals surface area contributed by atoms with Crippen molar-refractivity contribution in [2.45, 2.75) is 39.0 Å². The zero-order valence-electron chi connectivity index (χ0n) is 16.3. The Morgan fingerprint density at radius 3 is 2.57 bits per heavy atom. The van der Waals surface area contributed by atoms with Crippen LogP contribution in [0.15, 0.2) is 53.9 Å². The van der Waals surface area contributed by atoms with Crippen LogP contribution in [0.2, 0.25) is 0 Å². The van der Waals surface area contributed by atoms with Gasteiger partial charge in [0.2, 0.25) is 5.91 Å². The van der Waals surface area contributed by atoms with Crippen molar-refractivity contribution in [2.24, 2.45) is 0 Å². The average Bonchev–Trinajstić information content (AvgIpc) is 3.12. The van der Waals surface area contributed by atoms with E-state index in [1.807, 2.05) is 12.1 Å². The Labute approximate surface area is 170 Å². The zero-order valence-corrected chi connectivity index (χ0v) is 17.1. The number of rotatable bonds is 6. The number of unbranched alkanes of at least 4 members (excludes halogenated alkanes) is 1. The molecule has 1 amide bonds. The van der Waals surface area contributed by atoms with Crippen molar-refractivity contribution in [3.63, 3.8) is 0 Å². The molecule has 0 bridgehead atoms. The van der Waals surface area contributed by atoms with Gasteiger partial charge in [0.1, 0.15) is 5.75 Å². The first-order chi connectivity index (χ1) is 13.7. The minimum atomic E-state index is 0.0764. The summed E-state index contributed by atoms with van der Waals surface area (Å²) in [5.74, 6) is 1.06. The summed E-state index contributed by atoms with van der Waals surface area (Å²) in [7, 11) is 0. The molecule has 1 unspecified atom stereocenters. The number of hydrogen-bond acceptors (Lipinski definition) is 3. The normalized spacial score (nSPS) is 15.8. The molecule has 0 aliphatic carbocycles. The van der Waals surface area contributed by atoms with Gasteiger partial charge in [-0.15, -0.1) is 11.3 Å². The van der Waals surface area contributed by atoms with Crippen LogP contribution >= 0.6 is 11.3 Å². The van der Waals surface area contributed by atoms with Gasteiger partial charge in [0, 0.05) is 28.2 Å². The van der Waals surface area contributed by atoms with Crippen molar-refractivity contribution in [1.82, 2.24) is 0 Å². The quantitative estimate of drug-likeness (QED) is 0.495. The van der Waals surface area contributed by atoms with Crippen molar-refractivity contribution < 1.29 is 9.53 Å². The van der Waals surface area contributed by atoms with Gasteiger partial charge in [0.15, 0.2) is 0 Å². The third kappa shape index (κ3) is 3.83. The summed E-state index contributed by atoms with van der Waals surface area (Å²) in [6, 6.07) is 16.7. The summed E-state index contributed by atoms with van der Waals surface area (Å²) >= 11 is 1.73. The van der Waals surface area contributed by atoms with Crippen LogP contribution in [0.1, 0.15) is 48.1 Å². The molecule has 2 heterocycles. The predicted octanol–water partition coefficient (Wildman–Crippen LogP) is 6.38. The van der Waals surface area contributed by atoms with E-state index in [4.69, 9.17) is 4.74 Å². The minimum absolute atomic E-state index is 0.0764. The second kappa shape index (κ2) is 8.19. The Balaban J connectivity index is 1.62. The maximum Gasteiger partial charge on any atom is 0.225 e. The van der Waals surface area contributed by atoms with Crippen molar-refractivity contribution in [3.8, 4) is 16.9 Å².